The van der Waals surface area contributed by atoms with Gasteiger partial charge in [-0.25, -0.2) is 9.97 Å². The van der Waals surface area contributed by atoms with Crippen molar-refractivity contribution in [3.8, 4) is 28.3 Å². The van der Waals surface area contributed by atoms with Crippen molar-refractivity contribution in [2.75, 3.05) is 5.32 Å². The SMILES string of the molecule is CC(Oc1cccc(Nc2cc(-c3c[nH]nc3-c3ccccn3)ccn2)c1)c1ncc[nH]1. The molecule has 0 fully saturated rings. The molecule has 0 spiro atoms. The molecule has 0 saturated heterocycles. The summed E-state index contributed by atoms with van der Waals surface area (Å²) in [6.07, 6.45) is 8.71. The van der Waals surface area contributed by atoms with Crippen molar-refractivity contribution in [2.24, 2.45) is 0 Å². The number of aromatic amines is 2. The molecule has 5 aromatic rings. The summed E-state index contributed by atoms with van der Waals surface area (Å²) >= 11 is 0. The summed E-state index contributed by atoms with van der Waals surface area (Å²) in [4.78, 5) is 16.2. The summed E-state index contributed by atoms with van der Waals surface area (Å²) in [7, 11) is 0. The number of anilines is 2. The van der Waals surface area contributed by atoms with E-state index >= 15 is 0 Å². The van der Waals surface area contributed by atoms with Crippen LogP contribution in [-0.2, 0) is 0 Å². The zero-order valence-corrected chi connectivity index (χ0v) is 17.4. The second-order valence-corrected chi connectivity index (χ2v) is 7.18. The summed E-state index contributed by atoms with van der Waals surface area (Å²) in [5.74, 6) is 2.23. The molecule has 0 amide bonds. The molecule has 0 aliphatic carbocycles. The Hall–Kier alpha value is -4.46. The summed E-state index contributed by atoms with van der Waals surface area (Å²) < 4.78 is 6.01. The molecule has 158 valence electrons. The Labute approximate surface area is 184 Å². The van der Waals surface area contributed by atoms with Crippen LogP contribution in [0.25, 0.3) is 22.5 Å². The number of benzene rings is 1. The van der Waals surface area contributed by atoms with Gasteiger partial charge in [-0.3, -0.25) is 10.1 Å². The first kappa shape index (κ1) is 19.5. The number of nitrogens with zero attached hydrogens (tertiary/aromatic N) is 4. The second kappa shape index (κ2) is 8.73. The van der Waals surface area contributed by atoms with Crippen LogP contribution in [0.15, 0.2) is 85.6 Å². The molecule has 1 unspecified atom stereocenters. The third kappa shape index (κ3) is 4.20. The van der Waals surface area contributed by atoms with Crippen LogP contribution in [0.2, 0.25) is 0 Å². The Kier molecular flexibility index (Phi) is 5.32. The highest BCUT2D eigenvalue weighted by atomic mass is 16.5. The number of pyridine rings is 2. The third-order valence-corrected chi connectivity index (χ3v) is 4.94. The molecule has 4 heterocycles. The maximum Gasteiger partial charge on any atom is 0.153 e. The minimum atomic E-state index is -0.187. The Balaban J connectivity index is 1.36. The first-order valence-corrected chi connectivity index (χ1v) is 10.2. The standard InChI is InChI=1S/C24H21N7O/c1-16(24-27-11-12-28-24)32-19-6-4-5-18(14-19)30-22-13-17(8-10-26-22)20-15-29-31-23(20)21-7-2-3-9-25-21/h2-16H,1H3,(H,26,30)(H,27,28)(H,29,31). The molecule has 4 aromatic heterocycles. The lowest BCUT2D eigenvalue weighted by Crippen LogP contribution is -2.05. The number of H-pyrrole nitrogens is 2. The number of hydrogen-bond acceptors (Lipinski definition) is 6. The fourth-order valence-electron chi connectivity index (χ4n) is 3.43. The summed E-state index contributed by atoms with van der Waals surface area (Å²) in [6, 6.07) is 17.5. The van der Waals surface area contributed by atoms with E-state index in [4.69, 9.17) is 4.74 Å². The van der Waals surface area contributed by atoms with E-state index in [2.05, 4.69) is 35.5 Å². The van der Waals surface area contributed by atoms with E-state index in [-0.39, 0.29) is 6.10 Å². The molecule has 1 aromatic carbocycles. The number of aromatic nitrogens is 6. The van der Waals surface area contributed by atoms with Gasteiger partial charge in [0.2, 0.25) is 0 Å². The van der Waals surface area contributed by atoms with Gasteiger partial charge < -0.3 is 15.0 Å². The molecular formula is C24H21N7O. The molecule has 0 saturated carbocycles. The van der Waals surface area contributed by atoms with Gasteiger partial charge in [0, 0.05) is 48.3 Å². The predicted molar refractivity (Wildman–Crippen MR) is 122 cm³/mol. The smallest absolute Gasteiger partial charge is 0.153 e. The van der Waals surface area contributed by atoms with Gasteiger partial charge in [0.05, 0.1) is 5.69 Å². The van der Waals surface area contributed by atoms with Crippen LogP contribution in [-0.4, -0.2) is 30.1 Å². The number of nitrogens with one attached hydrogen (secondary N) is 3. The van der Waals surface area contributed by atoms with Crippen LogP contribution in [0, 0.1) is 0 Å². The van der Waals surface area contributed by atoms with E-state index in [0.29, 0.717) is 5.82 Å². The van der Waals surface area contributed by atoms with Gasteiger partial charge in [-0.1, -0.05) is 12.1 Å². The van der Waals surface area contributed by atoms with Crippen molar-refractivity contribution in [1.82, 2.24) is 30.1 Å². The lowest BCUT2D eigenvalue weighted by atomic mass is 10.1. The molecule has 0 aliphatic heterocycles. The zero-order valence-electron chi connectivity index (χ0n) is 17.4. The van der Waals surface area contributed by atoms with Crippen molar-refractivity contribution in [2.45, 2.75) is 13.0 Å². The molecule has 8 nitrogen and oxygen atoms in total. The minimum absolute atomic E-state index is 0.187. The van der Waals surface area contributed by atoms with Crippen LogP contribution in [0.1, 0.15) is 18.9 Å². The minimum Gasteiger partial charge on any atom is -0.483 e. The number of hydrogen-bond donors (Lipinski definition) is 3. The molecule has 0 bridgehead atoms. The van der Waals surface area contributed by atoms with Crippen LogP contribution in [0.3, 0.4) is 0 Å². The normalized spacial score (nSPS) is 11.8. The second-order valence-electron chi connectivity index (χ2n) is 7.18. The quantitative estimate of drug-likeness (QED) is 0.335. The molecule has 0 radical (unpaired) electrons. The summed E-state index contributed by atoms with van der Waals surface area (Å²) in [5, 5.41) is 10.7. The Morgan fingerprint density at radius 3 is 2.75 bits per heavy atom. The Morgan fingerprint density at radius 1 is 0.938 bits per heavy atom. The van der Waals surface area contributed by atoms with Gasteiger partial charge in [-0.15, -0.1) is 0 Å². The lowest BCUT2D eigenvalue weighted by Gasteiger charge is -2.14. The van der Waals surface area contributed by atoms with Crippen LogP contribution in [0.4, 0.5) is 11.5 Å². The van der Waals surface area contributed by atoms with Gasteiger partial charge >= 0.3 is 0 Å². The maximum absolute atomic E-state index is 6.01. The molecule has 8 heteroatoms. The largest absolute Gasteiger partial charge is 0.483 e. The van der Waals surface area contributed by atoms with Crippen molar-refractivity contribution in [3.05, 3.63) is 91.4 Å². The Morgan fingerprint density at radius 2 is 1.91 bits per heavy atom. The van der Waals surface area contributed by atoms with E-state index < -0.39 is 0 Å². The Bertz CT molecular complexity index is 1300. The van der Waals surface area contributed by atoms with Crippen molar-refractivity contribution < 1.29 is 4.74 Å². The van der Waals surface area contributed by atoms with Crippen molar-refractivity contribution in [1.29, 1.82) is 0 Å². The van der Waals surface area contributed by atoms with Crippen LogP contribution >= 0.6 is 0 Å². The fraction of sp³-hybridized carbons (Fsp3) is 0.0833. The number of imidazole rings is 1. The highest BCUT2D eigenvalue weighted by Crippen LogP contribution is 2.31. The zero-order chi connectivity index (χ0) is 21.8. The van der Waals surface area contributed by atoms with Gasteiger partial charge in [0.1, 0.15) is 23.1 Å². The highest BCUT2D eigenvalue weighted by molar-refractivity contribution is 5.80. The van der Waals surface area contributed by atoms with E-state index in [1.54, 1.807) is 24.8 Å². The lowest BCUT2D eigenvalue weighted by molar-refractivity contribution is 0.217. The van der Waals surface area contributed by atoms with E-state index in [0.717, 1.165) is 39.8 Å². The van der Waals surface area contributed by atoms with Gasteiger partial charge in [0.25, 0.3) is 0 Å². The molecule has 0 aliphatic rings. The number of rotatable bonds is 7. The molecule has 5 rings (SSSR count). The van der Waals surface area contributed by atoms with Crippen molar-refractivity contribution in [3.63, 3.8) is 0 Å². The van der Waals surface area contributed by atoms with Crippen molar-refractivity contribution >= 4 is 11.5 Å². The molecule has 3 N–H and O–H groups in total. The fourth-order valence-corrected chi connectivity index (χ4v) is 3.43. The first-order valence-electron chi connectivity index (χ1n) is 10.2. The van der Waals surface area contributed by atoms with E-state index in [1.807, 2.05) is 67.7 Å². The average molecular weight is 423 g/mol. The average Bonchev–Trinajstić information content (AvgIpc) is 3.53. The first-order chi connectivity index (χ1) is 15.8. The monoisotopic (exact) mass is 423 g/mol. The van der Waals surface area contributed by atoms with E-state index in [9.17, 15) is 0 Å². The number of ether oxygens (including phenoxy) is 1. The topological polar surface area (TPSA) is 104 Å². The molecule has 32 heavy (non-hydrogen) atoms. The predicted octanol–water partition coefficient (Wildman–Crippen LogP) is 5.14. The summed E-state index contributed by atoms with van der Waals surface area (Å²) in [6.45, 7) is 1.95. The maximum atomic E-state index is 6.01. The van der Waals surface area contributed by atoms with Gasteiger partial charge in [0.15, 0.2) is 6.10 Å². The van der Waals surface area contributed by atoms with Gasteiger partial charge in [-0.2, -0.15) is 5.10 Å². The highest BCUT2D eigenvalue weighted by Gasteiger charge is 2.13. The summed E-state index contributed by atoms with van der Waals surface area (Å²) in [5.41, 5.74) is 4.42. The third-order valence-electron chi connectivity index (χ3n) is 4.94. The van der Waals surface area contributed by atoms with Gasteiger partial charge in [-0.05, 0) is 48.9 Å². The van der Waals surface area contributed by atoms with Crippen LogP contribution in [0.5, 0.6) is 5.75 Å². The molecule has 1 atom stereocenters. The molecular weight excluding hydrogens is 402 g/mol. The van der Waals surface area contributed by atoms with Crippen LogP contribution < -0.4 is 10.1 Å². The van der Waals surface area contributed by atoms with E-state index in [1.165, 1.54) is 0 Å².